The van der Waals surface area contributed by atoms with Crippen molar-refractivity contribution in [3.63, 3.8) is 0 Å². The summed E-state index contributed by atoms with van der Waals surface area (Å²) in [4.78, 5) is 42.1. The van der Waals surface area contributed by atoms with Gasteiger partial charge in [-0.1, -0.05) is 35.3 Å². The van der Waals surface area contributed by atoms with Crippen molar-refractivity contribution in [1.29, 1.82) is 0 Å². The lowest BCUT2D eigenvalue weighted by Crippen LogP contribution is -2.22. The summed E-state index contributed by atoms with van der Waals surface area (Å²) in [6, 6.07) is 5.26. The van der Waals surface area contributed by atoms with E-state index in [1.54, 1.807) is 0 Å². The molecule has 11 heteroatoms. The Hall–Kier alpha value is -4.00. The number of nitrogens with zero attached hydrogens (tertiary/aromatic N) is 4. The fraction of sp³-hybridized carbons (Fsp3) is 0.0909. The molecule has 3 aromatic rings. The Morgan fingerprint density at radius 3 is 2.30 bits per heavy atom. The molecule has 0 fully saturated rings. The van der Waals surface area contributed by atoms with Crippen molar-refractivity contribution in [2.24, 2.45) is 17.3 Å². The van der Waals surface area contributed by atoms with E-state index < -0.39 is 23.0 Å². The van der Waals surface area contributed by atoms with Gasteiger partial charge in [-0.2, -0.15) is 0 Å². The Morgan fingerprint density at radius 2 is 1.64 bits per heavy atom. The summed E-state index contributed by atoms with van der Waals surface area (Å²) in [7, 11) is 1.26. The Morgan fingerprint density at radius 1 is 0.970 bits per heavy atom. The van der Waals surface area contributed by atoms with Gasteiger partial charge >= 0.3 is 0 Å². The van der Waals surface area contributed by atoms with Crippen LogP contribution in [-0.2, 0) is 7.05 Å². The van der Waals surface area contributed by atoms with E-state index >= 15 is 0 Å². The van der Waals surface area contributed by atoms with E-state index in [9.17, 15) is 24.6 Å². The predicted octanol–water partition coefficient (Wildman–Crippen LogP) is 5.15. The molecule has 1 aliphatic rings. The van der Waals surface area contributed by atoms with Gasteiger partial charge in [-0.3, -0.25) is 19.0 Å². The molecular weight excluding hydrogens is 471 g/mol. The number of benzene rings is 2. The molecule has 1 aromatic heterocycles. The van der Waals surface area contributed by atoms with Gasteiger partial charge in [-0.15, -0.1) is 10.2 Å². The average Bonchev–Trinajstić information content (AvgIpc) is 2.77. The lowest BCUT2D eigenvalue weighted by atomic mass is 9.82. The zero-order valence-electron chi connectivity index (χ0n) is 17.0. The topological polar surface area (TPSA) is 126 Å². The molecule has 2 aromatic carbocycles. The van der Waals surface area contributed by atoms with Crippen LogP contribution in [0, 0.1) is 13.5 Å². The number of phenols is 1. The molecule has 0 bridgehead atoms. The number of phenolic OH excluding ortho intramolecular Hbond substituents is 1. The van der Waals surface area contributed by atoms with E-state index in [4.69, 9.17) is 29.8 Å². The maximum Gasteiger partial charge on any atom is 0.278 e. The van der Waals surface area contributed by atoms with Crippen molar-refractivity contribution in [3.8, 4) is 11.6 Å². The molecule has 4 rings (SSSR count). The third-order valence-electron chi connectivity index (χ3n) is 5.28. The lowest BCUT2D eigenvalue weighted by molar-refractivity contribution is 0.0977. The highest BCUT2D eigenvalue weighted by atomic mass is 35.5. The van der Waals surface area contributed by atoms with Crippen molar-refractivity contribution >= 4 is 51.8 Å². The highest BCUT2D eigenvalue weighted by Gasteiger charge is 2.36. The van der Waals surface area contributed by atoms with Crippen LogP contribution in [0.25, 0.3) is 4.85 Å². The number of ketones is 2. The van der Waals surface area contributed by atoms with Crippen LogP contribution in [0.15, 0.2) is 39.3 Å². The molecule has 0 unspecified atom stereocenters. The smallest absolute Gasteiger partial charge is 0.278 e. The van der Waals surface area contributed by atoms with Gasteiger partial charge in [0.25, 0.3) is 5.56 Å². The van der Waals surface area contributed by atoms with Gasteiger partial charge in [0.05, 0.1) is 33.3 Å². The summed E-state index contributed by atoms with van der Waals surface area (Å²) in [5.41, 5.74) is -1.99. The summed E-state index contributed by atoms with van der Waals surface area (Å²) >= 11 is 12.5. The largest absolute Gasteiger partial charge is 0.507 e. The van der Waals surface area contributed by atoms with Gasteiger partial charge in [-0.25, -0.2) is 4.85 Å². The van der Waals surface area contributed by atoms with Gasteiger partial charge < -0.3 is 10.2 Å². The number of hydrogen-bond acceptors (Lipinski definition) is 7. The number of fused-ring (bicyclic) bond motifs is 2. The maximum absolute atomic E-state index is 13.3. The third kappa shape index (κ3) is 3.19. The molecule has 9 nitrogen and oxygen atoms in total. The second-order valence-corrected chi connectivity index (χ2v) is 7.93. The third-order valence-corrected chi connectivity index (χ3v) is 5.87. The number of halogens is 2. The summed E-state index contributed by atoms with van der Waals surface area (Å²) in [6.07, 6.45) is 0. The van der Waals surface area contributed by atoms with Crippen LogP contribution in [0.4, 0.5) is 17.1 Å². The second-order valence-electron chi connectivity index (χ2n) is 7.12. The Bertz CT molecular complexity index is 1550. The normalized spacial score (nSPS) is 12.6. The zero-order chi connectivity index (χ0) is 24.2. The average molecular weight is 483 g/mol. The van der Waals surface area contributed by atoms with Crippen molar-refractivity contribution in [2.45, 2.75) is 6.92 Å². The number of aromatic hydroxyl groups is 2. The summed E-state index contributed by atoms with van der Waals surface area (Å²) < 4.78 is 0.835. The van der Waals surface area contributed by atoms with Crippen LogP contribution in [0.2, 0.25) is 10.0 Å². The van der Waals surface area contributed by atoms with Crippen LogP contribution >= 0.6 is 23.2 Å². The fourth-order valence-electron chi connectivity index (χ4n) is 3.58. The molecule has 0 saturated heterocycles. The van der Waals surface area contributed by atoms with Crippen LogP contribution in [0.5, 0.6) is 11.6 Å². The SMILES string of the molecule is [C-]#[N+]c1c(C)c(N=Nc2c(Cl)cc(Cl)c3c2C(=O)c2cccc(O)c2C3=O)c(=O)n(C)c1O. The number of hydrogen-bond donors (Lipinski definition) is 2. The molecule has 164 valence electrons. The van der Waals surface area contributed by atoms with E-state index in [1.165, 1.54) is 38.2 Å². The zero-order valence-corrected chi connectivity index (χ0v) is 18.5. The van der Waals surface area contributed by atoms with E-state index in [0.29, 0.717) is 0 Å². The second kappa shape index (κ2) is 7.85. The monoisotopic (exact) mass is 482 g/mol. The Balaban J connectivity index is 1.99. The first-order valence-corrected chi connectivity index (χ1v) is 10.0. The number of pyridine rings is 1. The van der Waals surface area contributed by atoms with E-state index in [0.717, 1.165) is 4.57 Å². The van der Waals surface area contributed by atoms with E-state index in [2.05, 4.69) is 15.1 Å². The molecular formula is C22H12Cl2N4O5. The number of azo groups is 1. The molecule has 0 spiro atoms. The highest BCUT2D eigenvalue weighted by Crippen LogP contribution is 2.44. The molecule has 0 atom stereocenters. The molecule has 0 radical (unpaired) electrons. The number of carbonyl (C=O) groups is 2. The minimum absolute atomic E-state index is 0.0608. The predicted molar refractivity (Wildman–Crippen MR) is 120 cm³/mol. The van der Waals surface area contributed by atoms with Gasteiger partial charge in [0.1, 0.15) is 17.1 Å². The first-order valence-electron chi connectivity index (χ1n) is 9.25. The van der Waals surface area contributed by atoms with Crippen LogP contribution < -0.4 is 5.56 Å². The van der Waals surface area contributed by atoms with Crippen LogP contribution in [0.1, 0.15) is 37.4 Å². The summed E-state index contributed by atoms with van der Waals surface area (Å²) in [5.74, 6) is -2.25. The highest BCUT2D eigenvalue weighted by molar-refractivity contribution is 6.43. The number of rotatable bonds is 2. The molecule has 1 aliphatic carbocycles. The minimum Gasteiger partial charge on any atom is -0.507 e. The van der Waals surface area contributed by atoms with Crippen molar-refractivity contribution in [3.05, 3.63) is 83.9 Å². The first kappa shape index (κ1) is 22.2. The molecule has 1 heterocycles. The summed E-state index contributed by atoms with van der Waals surface area (Å²) in [5, 5.41) is 27.8. The quantitative estimate of drug-likeness (QED) is 0.301. The van der Waals surface area contributed by atoms with Crippen molar-refractivity contribution < 1.29 is 19.8 Å². The molecule has 0 amide bonds. The Kier molecular flexibility index (Phi) is 5.28. The molecule has 33 heavy (non-hydrogen) atoms. The molecule has 0 saturated carbocycles. The van der Waals surface area contributed by atoms with Gasteiger partial charge in [0, 0.05) is 12.6 Å². The molecule has 0 aliphatic heterocycles. The van der Waals surface area contributed by atoms with Crippen LogP contribution in [-0.4, -0.2) is 26.3 Å². The number of carbonyl (C=O) groups excluding carboxylic acids is 2. The van der Waals surface area contributed by atoms with Gasteiger partial charge in [0.2, 0.25) is 5.69 Å². The summed E-state index contributed by atoms with van der Waals surface area (Å²) in [6.45, 7) is 8.65. The number of aromatic nitrogens is 1. The van der Waals surface area contributed by atoms with Gasteiger partial charge in [-0.05, 0) is 24.6 Å². The van der Waals surface area contributed by atoms with Crippen molar-refractivity contribution in [2.75, 3.05) is 0 Å². The Labute approximate surface area is 196 Å². The fourth-order valence-corrected chi connectivity index (χ4v) is 4.17. The van der Waals surface area contributed by atoms with Crippen molar-refractivity contribution in [1.82, 2.24) is 4.57 Å². The van der Waals surface area contributed by atoms with Crippen LogP contribution in [0.3, 0.4) is 0 Å². The van der Waals surface area contributed by atoms with Gasteiger partial charge in [0.15, 0.2) is 17.4 Å². The minimum atomic E-state index is -0.738. The first-order chi connectivity index (χ1) is 15.6. The maximum atomic E-state index is 13.3. The molecule has 2 N–H and O–H groups in total. The lowest BCUT2D eigenvalue weighted by Gasteiger charge is -2.21. The van der Waals surface area contributed by atoms with E-state index in [1.807, 2.05) is 0 Å². The standard InChI is InChI=1S/C22H12Cl2N4O5/c1-8-16(25-2)21(32)28(3)22(33)17(8)26-27-18-11(24)7-10(23)14-15(18)19(30)9-5-4-6-12(29)13(9)20(14)31/h4-7,29,32H,1,3H3. The van der Waals surface area contributed by atoms with E-state index in [-0.39, 0.29) is 60.7 Å².